The maximum absolute atomic E-state index is 13.1. The van der Waals surface area contributed by atoms with Crippen molar-refractivity contribution in [2.45, 2.75) is 25.3 Å². The van der Waals surface area contributed by atoms with E-state index >= 15 is 0 Å². The van der Waals surface area contributed by atoms with E-state index in [1.165, 1.54) is 17.7 Å². The summed E-state index contributed by atoms with van der Waals surface area (Å²) in [6.07, 6.45) is 2.85. The molecule has 1 aliphatic rings. The minimum atomic E-state index is -0.616. The van der Waals surface area contributed by atoms with Crippen LogP contribution >= 0.6 is 11.6 Å². The summed E-state index contributed by atoms with van der Waals surface area (Å²) in [5.41, 5.74) is 2.20. The van der Waals surface area contributed by atoms with Crippen molar-refractivity contribution in [2.24, 2.45) is 0 Å². The summed E-state index contributed by atoms with van der Waals surface area (Å²) in [5, 5.41) is 3.65. The summed E-state index contributed by atoms with van der Waals surface area (Å²) in [7, 11) is 0. The molecule has 0 radical (unpaired) electrons. The molecule has 1 aromatic heterocycles. The molecule has 0 saturated carbocycles. The number of fused-ring (bicyclic) bond motifs is 2. The second-order valence-corrected chi connectivity index (χ2v) is 8.31. The van der Waals surface area contributed by atoms with E-state index in [1.54, 1.807) is 30.3 Å². The molecule has 0 spiro atoms. The van der Waals surface area contributed by atoms with Gasteiger partial charge in [-0.25, -0.2) is 9.36 Å². The first kappa shape index (κ1) is 20.3. The molecule has 7 heteroatoms. The molecule has 5 rings (SSSR count). The minimum absolute atomic E-state index is 0.0848. The molecule has 6 nitrogen and oxygen atoms in total. The number of rotatable bonds is 3. The number of carbonyl (C=O) groups excluding carboxylic acids is 1. The van der Waals surface area contributed by atoms with Crippen molar-refractivity contribution in [1.29, 1.82) is 0 Å². The lowest BCUT2D eigenvalue weighted by Crippen LogP contribution is -2.34. The lowest BCUT2D eigenvalue weighted by molar-refractivity contribution is 0.0932. The van der Waals surface area contributed by atoms with Gasteiger partial charge in [-0.05, 0) is 60.7 Å². The summed E-state index contributed by atoms with van der Waals surface area (Å²) in [4.78, 5) is 41.5. The van der Waals surface area contributed by atoms with Crippen LogP contribution in [0.25, 0.3) is 16.6 Å². The van der Waals surface area contributed by atoms with E-state index in [1.807, 2.05) is 18.2 Å². The van der Waals surface area contributed by atoms with Crippen LogP contribution in [0, 0.1) is 0 Å². The molecule has 1 heterocycles. The Labute approximate surface area is 188 Å². The predicted octanol–water partition coefficient (Wildman–Crippen LogP) is 4.14. The quantitative estimate of drug-likeness (QED) is 0.497. The zero-order valence-corrected chi connectivity index (χ0v) is 17.9. The molecule has 0 bridgehead atoms. The number of amides is 1. The Morgan fingerprint density at radius 2 is 1.81 bits per heavy atom. The zero-order chi connectivity index (χ0) is 22.2. The van der Waals surface area contributed by atoms with Crippen molar-refractivity contribution in [3.05, 3.63) is 109 Å². The van der Waals surface area contributed by atoms with Gasteiger partial charge in [0.1, 0.15) is 0 Å². The largest absolute Gasteiger partial charge is 0.345 e. The Bertz CT molecular complexity index is 1470. The Balaban J connectivity index is 1.53. The van der Waals surface area contributed by atoms with Gasteiger partial charge in [0.05, 0.1) is 27.7 Å². The molecule has 4 aromatic rings. The Hall–Kier alpha value is -3.64. The smallest absolute Gasteiger partial charge is 0.333 e. The number of aromatic nitrogens is 2. The first-order valence-electron chi connectivity index (χ1n) is 10.5. The highest BCUT2D eigenvalue weighted by Gasteiger charge is 2.22. The third kappa shape index (κ3) is 3.52. The molecule has 0 saturated heterocycles. The molecule has 160 valence electrons. The van der Waals surface area contributed by atoms with E-state index < -0.39 is 11.2 Å². The fourth-order valence-electron chi connectivity index (χ4n) is 4.35. The van der Waals surface area contributed by atoms with Gasteiger partial charge in [0.25, 0.3) is 11.5 Å². The average Bonchev–Trinajstić information content (AvgIpc) is 2.80. The van der Waals surface area contributed by atoms with Gasteiger partial charge in [-0.15, -0.1) is 0 Å². The Morgan fingerprint density at radius 3 is 2.69 bits per heavy atom. The van der Waals surface area contributed by atoms with E-state index in [-0.39, 0.29) is 22.7 Å². The van der Waals surface area contributed by atoms with E-state index in [9.17, 15) is 14.4 Å². The number of benzene rings is 3. The molecule has 1 aliphatic carbocycles. The number of aryl methyl sites for hydroxylation is 1. The van der Waals surface area contributed by atoms with E-state index in [0.29, 0.717) is 16.5 Å². The normalized spacial score (nSPS) is 15.3. The van der Waals surface area contributed by atoms with Crippen LogP contribution in [0.1, 0.15) is 40.4 Å². The highest BCUT2D eigenvalue weighted by atomic mass is 35.5. The lowest BCUT2D eigenvalue weighted by atomic mass is 9.87. The molecule has 1 amide bonds. The maximum Gasteiger partial charge on any atom is 0.333 e. The fourth-order valence-corrected chi connectivity index (χ4v) is 4.55. The third-order valence-electron chi connectivity index (χ3n) is 5.93. The minimum Gasteiger partial charge on any atom is -0.345 e. The number of hydrogen-bond acceptors (Lipinski definition) is 3. The Morgan fingerprint density at radius 1 is 1.03 bits per heavy atom. The number of halogens is 1. The van der Waals surface area contributed by atoms with Gasteiger partial charge in [-0.1, -0.05) is 48.0 Å². The van der Waals surface area contributed by atoms with Crippen molar-refractivity contribution >= 4 is 28.4 Å². The predicted molar refractivity (Wildman–Crippen MR) is 125 cm³/mol. The van der Waals surface area contributed by atoms with Gasteiger partial charge in [-0.2, -0.15) is 0 Å². The Kier molecular flexibility index (Phi) is 5.15. The molecule has 2 N–H and O–H groups in total. The van der Waals surface area contributed by atoms with Crippen LogP contribution in [0.5, 0.6) is 0 Å². The molecule has 0 fully saturated rings. The van der Waals surface area contributed by atoms with Crippen molar-refractivity contribution in [3.8, 4) is 5.69 Å². The van der Waals surface area contributed by atoms with Gasteiger partial charge >= 0.3 is 5.69 Å². The SMILES string of the molecule is O=C(NC1CCCc2ccccc21)c1ccc(Cl)c(-n2c(=O)[nH]c3ccccc3c2=O)c1. The van der Waals surface area contributed by atoms with E-state index in [4.69, 9.17) is 11.6 Å². The van der Waals surface area contributed by atoms with Gasteiger partial charge in [0.2, 0.25) is 0 Å². The maximum atomic E-state index is 13.1. The van der Waals surface area contributed by atoms with E-state index in [2.05, 4.69) is 16.4 Å². The first-order valence-corrected chi connectivity index (χ1v) is 10.8. The number of aromatic amines is 1. The molecule has 1 unspecified atom stereocenters. The van der Waals surface area contributed by atoms with Gasteiger partial charge in [0, 0.05) is 5.56 Å². The molecule has 0 aliphatic heterocycles. The topological polar surface area (TPSA) is 84.0 Å². The van der Waals surface area contributed by atoms with Crippen molar-refractivity contribution in [3.63, 3.8) is 0 Å². The summed E-state index contributed by atoms with van der Waals surface area (Å²) < 4.78 is 0.970. The number of carbonyl (C=O) groups is 1. The van der Waals surface area contributed by atoms with Gasteiger partial charge in [0.15, 0.2) is 0 Å². The molecular formula is C25H20ClN3O3. The number of H-pyrrole nitrogens is 1. The third-order valence-corrected chi connectivity index (χ3v) is 6.25. The van der Waals surface area contributed by atoms with Crippen LogP contribution < -0.4 is 16.6 Å². The lowest BCUT2D eigenvalue weighted by Gasteiger charge is -2.26. The van der Waals surface area contributed by atoms with Crippen LogP contribution in [0.3, 0.4) is 0 Å². The van der Waals surface area contributed by atoms with Crippen LogP contribution in [0.4, 0.5) is 0 Å². The zero-order valence-electron chi connectivity index (χ0n) is 17.1. The van der Waals surface area contributed by atoms with Gasteiger partial charge in [-0.3, -0.25) is 9.59 Å². The highest BCUT2D eigenvalue weighted by molar-refractivity contribution is 6.32. The second kappa shape index (κ2) is 8.13. The van der Waals surface area contributed by atoms with Crippen LogP contribution in [0.15, 0.2) is 76.3 Å². The fraction of sp³-hybridized carbons (Fsp3) is 0.160. The average molecular weight is 446 g/mol. The first-order chi connectivity index (χ1) is 15.5. The van der Waals surface area contributed by atoms with Gasteiger partial charge < -0.3 is 10.3 Å². The van der Waals surface area contributed by atoms with Crippen molar-refractivity contribution in [2.75, 3.05) is 0 Å². The summed E-state index contributed by atoms with van der Waals surface area (Å²) in [5.74, 6) is -0.283. The summed E-state index contributed by atoms with van der Waals surface area (Å²) in [6.45, 7) is 0. The van der Waals surface area contributed by atoms with Crippen LogP contribution in [0.2, 0.25) is 5.02 Å². The monoisotopic (exact) mass is 445 g/mol. The van der Waals surface area contributed by atoms with Crippen LogP contribution in [-0.2, 0) is 6.42 Å². The summed E-state index contributed by atoms with van der Waals surface area (Å²) in [6, 6.07) is 19.4. The molecule has 3 aromatic carbocycles. The number of nitrogens with zero attached hydrogens (tertiary/aromatic N) is 1. The summed E-state index contributed by atoms with van der Waals surface area (Å²) >= 11 is 6.35. The number of nitrogens with one attached hydrogen (secondary N) is 2. The number of para-hydroxylation sites is 1. The van der Waals surface area contributed by atoms with Crippen LogP contribution in [-0.4, -0.2) is 15.5 Å². The standard InChI is InChI=1S/C25H20ClN3O3/c26-19-13-12-16(23(30)27-20-11-5-7-15-6-1-2-8-17(15)20)14-22(19)29-24(31)18-9-3-4-10-21(18)28-25(29)32/h1-4,6,8-10,12-14,20H,5,7,11H2,(H,27,30)(H,28,32). The van der Waals surface area contributed by atoms with Crippen molar-refractivity contribution in [1.82, 2.24) is 14.9 Å². The molecular weight excluding hydrogens is 426 g/mol. The van der Waals surface area contributed by atoms with E-state index in [0.717, 1.165) is 29.4 Å². The van der Waals surface area contributed by atoms with Crippen molar-refractivity contribution < 1.29 is 4.79 Å². The highest BCUT2D eigenvalue weighted by Crippen LogP contribution is 2.30. The number of hydrogen-bond donors (Lipinski definition) is 2. The molecule has 32 heavy (non-hydrogen) atoms. The molecule has 1 atom stereocenters. The second-order valence-electron chi connectivity index (χ2n) is 7.90.